The number of likely N-dealkylation sites (N-methyl/N-ethyl adjacent to an activating group) is 1. The topological polar surface area (TPSA) is 96.7 Å². The number of aryl methyl sites for hydroxylation is 1. The average molecular weight is 620 g/mol. The van der Waals surface area contributed by atoms with E-state index in [0.717, 1.165) is 35.7 Å². The van der Waals surface area contributed by atoms with Crippen molar-refractivity contribution in [2.45, 2.75) is 6.92 Å². The van der Waals surface area contributed by atoms with Gasteiger partial charge in [-0.25, -0.2) is 23.7 Å². The molecule has 0 aliphatic heterocycles. The molecule has 3 aromatic carbocycles. The van der Waals surface area contributed by atoms with Crippen LogP contribution in [0.15, 0.2) is 97.3 Å². The van der Waals surface area contributed by atoms with Crippen molar-refractivity contribution in [2.75, 3.05) is 37.9 Å². The number of pyridine rings is 1. The highest BCUT2D eigenvalue weighted by Gasteiger charge is 2.20. The van der Waals surface area contributed by atoms with Gasteiger partial charge in [-0.05, 0) is 81.2 Å². The van der Waals surface area contributed by atoms with Crippen molar-refractivity contribution in [1.29, 1.82) is 0 Å². The Hall–Kier alpha value is -5.68. The van der Waals surface area contributed by atoms with Crippen LogP contribution in [0.25, 0.3) is 28.3 Å². The largest absolute Gasteiger partial charge is 0.492 e. The van der Waals surface area contributed by atoms with Gasteiger partial charge in [-0.3, -0.25) is 9.20 Å². The predicted octanol–water partition coefficient (Wildman–Crippen LogP) is 6.98. The van der Waals surface area contributed by atoms with Crippen LogP contribution in [0.2, 0.25) is 0 Å². The SMILES string of the molecule is Cc1ccn2c(-c3ccnc(Nc4cccc(OCCN(C)C)c4)n3)c(-c3cccc(C(=O)Nc4c(F)cccc4F)c3)nc2c1. The molecule has 0 unspecified atom stereocenters. The van der Waals surface area contributed by atoms with Gasteiger partial charge in [-0.1, -0.05) is 24.3 Å². The molecule has 3 aromatic heterocycles. The minimum absolute atomic E-state index is 0.206. The molecule has 232 valence electrons. The Morgan fingerprint density at radius 2 is 1.72 bits per heavy atom. The van der Waals surface area contributed by atoms with Gasteiger partial charge in [0.1, 0.15) is 35.3 Å². The maximum atomic E-state index is 14.2. The van der Waals surface area contributed by atoms with Crippen molar-refractivity contribution in [2.24, 2.45) is 0 Å². The number of hydrogen-bond acceptors (Lipinski definition) is 7. The van der Waals surface area contributed by atoms with Crippen LogP contribution < -0.4 is 15.4 Å². The number of rotatable bonds is 10. The van der Waals surface area contributed by atoms with Crippen molar-refractivity contribution in [1.82, 2.24) is 24.3 Å². The van der Waals surface area contributed by atoms with Gasteiger partial charge >= 0.3 is 0 Å². The van der Waals surface area contributed by atoms with Crippen LogP contribution in [-0.4, -0.2) is 57.4 Å². The van der Waals surface area contributed by atoms with Crippen LogP contribution in [0.3, 0.4) is 0 Å². The first-order chi connectivity index (χ1) is 22.2. The zero-order chi connectivity index (χ0) is 32.2. The molecule has 46 heavy (non-hydrogen) atoms. The number of amides is 1. The fourth-order valence-corrected chi connectivity index (χ4v) is 4.89. The first-order valence-corrected chi connectivity index (χ1v) is 14.6. The number of para-hydroxylation sites is 1. The molecule has 0 atom stereocenters. The maximum Gasteiger partial charge on any atom is 0.255 e. The molecule has 1 amide bonds. The van der Waals surface area contributed by atoms with Crippen molar-refractivity contribution in [3.05, 3.63) is 120 Å². The maximum absolute atomic E-state index is 14.2. The summed E-state index contributed by atoms with van der Waals surface area (Å²) in [6.07, 6.45) is 3.57. The summed E-state index contributed by atoms with van der Waals surface area (Å²) in [6, 6.07) is 23.4. The van der Waals surface area contributed by atoms with Crippen molar-refractivity contribution < 1.29 is 18.3 Å². The number of ether oxygens (including phenoxy) is 1. The molecule has 9 nitrogen and oxygen atoms in total. The molecule has 0 fully saturated rings. The van der Waals surface area contributed by atoms with E-state index in [-0.39, 0.29) is 5.56 Å². The fraction of sp³-hybridized carbons (Fsp3) is 0.143. The second-order valence-electron chi connectivity index (χ2n) is 10.9. The summed E-state index contributed by atoms with van der Waals surface area (Å²) < 4.78 is 36.3. The predicted molar refractivity (Wildman–Crippen MR) is 174 cm³/mol. The lowest BCUT2D eigenvalue weighted by Crippen LogP contribution is -2.19. The zero-order valence-corrected chi connectivity index (χ0v) is 25.5. The summed E-state index contributed by atoms with van der Waals surface area (Å²) >= 11 is 0. The lowest BCUT2D eigenvalue weighted by Gasteiger charge is -2.12. The fourth-order valence-electron chi connectivity index (χ4n) is 4.89. The quantitative estimate of drug-likeness (QED) is 0.171. The number of nitrogens with one attached hydrogen (secondary N) is 2. The minimum Gasteiger partial charge on any atom is -0.492 e. The summed E-state index contributed by atoms with van der Waals surface area (Å²) in [7, 11) is 3.98. The van der Waals surface area contributed by atoms with Crippen LogP contribution in [0.4, 0.5) is 26.1 Å². The van der Waals surface area contributed by atoms with Crippen LogP contribution in [0.5, 0.6) is 5.75 Å². The highest BCUT2D eigenvalue weighted by atomic mass is 19.1. The smallest absolute Gasteiger partial charge is 0.255 e. The van der Waals surface area contributed by atoms with E-state index in [4.69, 9.17) is 14.7 Å². The number of imidazole rings is 1. The highest BCUT2D eigenvalue weighted by molar-refractivity contribution is 6.05. The number of hydrogen-bond donors (Lipinski definition) is 2. The van der Waals surface area contributed by atoms with Crippen molar-refractivity contribution in [3.63, 3.8) is 0 Å². The van der Waals surface area contributed by atoms with E-state index in [1.165, 1.54) is 6.07 Å². The number of carbonyl (C=O) groups is 1. The van der Waals surface area contributed by atoms with E-state index < -0.39 is 23.2 Å². The number of aromatic nitrogens is 4. The van der Waals surface area contributed by atoms with Crippen LogP contribution in [-0.2, 0) is 0 Å². The number of carbonyl (C=O) groups excluding carboxylic acids is 1. The van der Waals surface area contributed by atoms with Gasteiger partial charge in [0, 0.05) is 41.8 Å². The van der Waals surface area contributed by atoms with E-state index >= 15 is 0 Å². The number of benzene rings is 3. The summed E-state index contributed by atoms with van der Waals surface area (Å²) in [6.45, 7) is 3.33. The molecular formula is C35H31F2N7O2. The molecule has 0 bridgehead atoms. The Morgan fingerprint density at radius 1 is 0.935 bits per heavy atom. The Labute approximate surface area is 264 Å². The molecule has 0 saturated heterocycles. The standard InChI is InChI=1S/C35H31F2N7O2/c1-22-14-16-44-30(19-22)41-31(23-7-4-8-24(20-23)34(45)42-32-27(36)11-6-12-28(32)37)33(44)29-13-15-38-35(40-29)39-25-9-5-10-26(21-25)46-18-17-43(2)3/h4-16,19-21H,17-18H2,1-3H3,(H,42,45)(H,38,39,40). The second-order valence-corrected chi connectivity index (χ2v) is 10.9. The Balaban J connectivity index is 1.34. The Kier molecular flexibility index (Phi) is 8.66. The summed E-state index contributed by atoms with van der Waals surface area (Å²) in [5.74, 6) is -1.29. The van der Waals surface area contributed by atoms with Gasteiger partial charge in [-0.15, -0.1) is 0 Å². The molecule has 6 rings (SSSR count). The van der Waals surface area contributed by atoms with Crippen LogP contribution >= 0.6 is 0 Å². The first kappa shape index (κ1) is 30.4. The molecule has 0 radical (unpaired) electrons. The molecule has 0 aliphatic carbocycles. The van der Waals surface area contributed by atoms with E-state index in [9.17, 15) is 13.6 Å². The van der Waals surface area contributed by atoms with Gasteiger partial charge < -0.3 is 20.3 Å². The molecule has 11 heteroatoms. The summed E-state index contributed by atoms with van der Waals surface area (Å²) in [4.78, 5) is 29.3. The monoisotopic (exact) mass is 619 g/mol. The highest BCUT2D eigenvalue weighted by Crippen LogP contribution is 2.33. The van der Waals surface area contributed by atoms with Crippen LogP contribution in [0.1, 0.15) is 15.9 Å². The Bertz CT molecular complexity index is 2020. The lowest BCUT2D eigenvalue weighted by molar-refractivity contribution is 0.102. The average Bonchev–Trinajstić information content (AvgIpc) is 3.42. The molecule has 6 aromatic rings. The number of nitrogens with zero attached hydrogens (tertiary/aromatic N) is 5. The van der Waals surface area contributed by atoms with Crippen molar-refractivity contribution >= 4 is 28.9 Å². The van der Waals surface area contributed by atoms with Crippen LogP contribution in [0, 0.1) is 18.6 Å². The Morgan fingerprint density at radius 3 is 2.52 bits per heavy atom. The third kappa shape index (κ3) is 6.69. The first-order valence-electron chi connectivity index (χ1n) is 14.6. The van der Waals surface area contributed by atoms with E-state index in [1.807, 2.05) is 74.1 Å². The van der Waals surface area contributed by atoms with Gasteiger partial charge in [0.25, 0.3) is 5.91 Å². The minimum atomic E-state index is -0.862. The van der Waals surface area contributed by atoms with Crippen molar-refractivity contribution in [3.8, 4) is 28.4 Å². The number of fused-ring (bicyclic) bond motifs is 1. The lowest BCUT2D eigenvalue weighted by atomic mass is 10.0. The molecular weight excluding hydrogens is 588 g/mol. The van der Waals surface area contributed by atoms with E-state index in [0.29, 0.717) is 40.8 Å². The van der Waals surface area contributed by atoms with Gasteiger partial charge in [0.2, 0.25) is 5.95 Å². The summed E-state index contributed by atoms with van der Waals surface area (Å²) in [5.41, 5.74) is 4.62. The third-order valence-corrected chi connectivity index (χ3v) is 7.18. The number of halogens is 2. The molecule has 0 saturated carbocycles. The zero-order valence-electron chi connectivity index (χ0n) is 25.5. The number of anilines is 3. The molecule has 2 N–H and O–H groups in total. The second kappa shape index (κ2) is 13.1. The normalized spacial score (nSPS) is 11.2. The summed E-state index contributed by atoms with van der Waals surface area (Å²) in [5, 5.41) is 5.61. The van der Waals surface area contributed by atoms with Gasteiger partial charge in [0.05, 0.1) is 17.1 Å². The van der Waals surface area contributed by atoms with E-state index in [2.05, 4.69) is 20.5 Å². The van der Waals surface area contributed by atoms with Gasteiger partial charge in [0.15, 0.2) is 0 Å². The van der Waals surface area contributed by atoms with E-state index in [1.54, 1.807) is 30.5 Å². The molecule has 0 spiro atoms. The third-order valence-electron chi connectivity index (χ3n) is 7.18. The molecule has 3 heterocycles. The molecule has 0 aliphatic rings. The van der Waals surface area contributed by atoms with Gasteiger partial charge in [-0.2, -0.15) is 0 Å².